The highest BCUT2D eigenvalue weighted by Gasteiger charge is 2.08. The van der Waals surface area contributed by atoms with Crippen molar-refractivity contribution in [2.75, 3.05) is 24.6 Å². The van der Waals surface area contributed by atoms with Gasteiger partial charge in [-0.1, -0.05) is 30.5 Å². The van der Waals surface area contributed by atoms with E-state index in [1.807, 2.05) is 12.1 Å². The molecule has 0 spiro atoms. The highest BCUT2D eigenvalue weighted by molar-refractivity contribution is 7.82. The van der Waals surface area contributed by atoms with Crippen LogP contribution in [-0.4, -0.2) is 26.4 Å². The molecule has 0 unspecified atom stereocenters. The fourth-order valence-electron chi connectivity index (χ4n) is 2.31. The number of thiol groups is 1. The van der Waals surface area contributed by atoms with Gasteiger partial charge in [0.25, 0.3) is 0 Å². The van der Waals surface area contributed by atoms with Crippen molar-refractivity contribution >= 4 is 36.1 Å². The van der Waals surface area contributed by atoms with Gasteiger partial charge < -0.3 is 19.9 Å². The molecule has 2 amide bonds. The van der Waals surface area contributed by atoms with Crippen molar-refractivity contribution in [1.82, 2.24) is 0 Å². The van der Waals surface area contributed by atoms with E-state index in [0.717, 1.165) is 23.6 Å². The lowest BCUT2D eigenvalue weighted by molar-refractivity contribution is 0.257. The van der Waals surface area contributed by atoms with Crippen molar-refractivity contribution in [2.45, 2.75) is 19.3 Å². The summed E-state index contributed by atoms with van der Waals surface area (Å²) in [4.78, 5) is 11.1. The van der Waals surface area contributed by atoms with Crippen molar-refractivity contribution in [3.05, 3.63) is 47.5 Å². The fraction of sp³-hybridized carbons (Fsp3) is 0.316. The molecule has 6 nitrogen and oxygen atoms in total. The fourth-order valence-corrected chi connectivity index (χ4v) is 2.66. The average molecular weight is 411 g/mol. The molecule has 8 heteroatoms. The minimum Gasteiger partial charge on any atom is -0.497 e. The number of anilines is 1. The maximum absolute atomic E-state index is 11.1. The lowest BCUT2D eigenvalue weighted by Gasteiger charge is -2.14. The molecule has 2 aromatic rings. The summed E-state index contributed by atoms with van der Waals surface area (Å²) in [6.07, 6.45) is 2.72. The minimum absolute atomic E-state index is 0.534. The molecule has 0 bridgehead atoms. The van der Waals surface area contributed by atoms with E-state index in [4.69, 9.17) is 31.5 Å². The Morgan fingerprint density at radius 2 is 1.81 bits per heavy atom. The molecular formula is C19H23ClN2O4S. The summed E-state index contributed by atoms with van der Waals surface area (Å²) in [6.45, 7) is 1.14. The molecule has 0 aromatic heterocycles. The van der Waals surface area contributed by atoms with E-state index >= 15 is 0 Å². The first-order valence-corrected chi connectivity index (χ1v) is 9.26. The first-order valence-electron chi connectivity index (χ1n) is 8.49. The van der Waals surface area contributed by atoms with Gasteiger partial charge in [-0.3, -0.25) is 0 Å². The number of halogens is 1. The van der Waals surface area contributed by atoms with E-state index < -0.39 is 6.03 Å². The Kier molecular flexibility index (Phi) is 8.42. The first-order chi connectivity index (χ1) is 13.0. The molecule has 0 fully saturated rings. The van der Waals surface area contributed by atoms with Gasteiger partial charge in [0, 0.05) is 12.1 Å². The summed E-state index contributed by atoms with van der Waals surface area (Å²) in [5.41, 5.74) is 5.76. The van der Waals surface area contributed by atoms with Gasteiger partial charge in [-0.25, -0.2) is 9.10 Å². The molecule has 0 atom stereocenters. The molecule has 0 saturated carbocycles. The van der Waals surface area contributed by atoms with Crippen molar-refractivity contribution in [2.24, 2.45) is 5.73 Å². The van der Waals surface area contributed by atoms with Crippen molar-refractivity contribution in [1.29, 1.82) is 0 Å². The zero-order valence-corrected chi connectivity index (χ0v) is 16.7. The Labute approximate surface area is 169 Å². The Morgan fingerprint density at radius 3 is 2.48 bits per heavy atom. The monoisotopic (exact) mass is 410 g/mol. The van der Waals surface area contributed by atoms with Crippen LogP contribution in [0.15, 0.2) is 42.5 Å². The highest BCUT2D eigenvalue weighted by atomic mass is 35.5. The largest absolute Gasteiger partial charge is 0.497 e. The maximum Gasteiger partial charge on any atom is 0.329 e. The average Bonchev–Trinajstić information content (AvgIpc) is 2.67. The third kappa shape index (κ3) is 6.77. The maximum atomic E-state index is 11.1. The lowest BCUT2D eigenvalue weighted by Crippen LogP contribution is -2.27. The van der Waals surface area contributed by atoms with Crippen LogP contribution in [-0.2, 0) is 0 Å². The predicted octanol–water partition coefficient (Wildman–Crippen LogP) is 4.71. The number of carbonyl (C=O) groups is 1. The van der Waals surface area contributed by atoms with E-state index in [2.05, 4.69) is 12.8 Å². The summed E-state index contributed by atoms with van der Waals surface area (Å²) < 4.78 is 17.5. The van der Waals surface area contributed by atoms with E-state index in [-0.39, 0.29) is 0 Å². The second kappa shape index (κ2) is 10.8. The Bertz CT molecular complexity index is 760. The number of nitrogens with two attached hydrogens (primary N) is 1. The van der Waals surface area contributed by atoms with Crippen LogP contribution >= 0.6 is 24.4 Å². The molecule has 0 heterocycles. The number of hydrogen-bond donors (Lipinski definition) is 2. The molecule has 0 saturated heterocycles. The quantitative estimate of drug-likeness (QED) is 0.439. The number of primary amides is 1. The summed E-state index contributed by atoms with van der Waals surface area (Å²) in [6, 6.07) is 11.7. The lowest BCUT2D eigenvalue weighted by atomic mass is 10.2. The summed E-state index contributed by atoms with van der Waals surface area (Å²) in [5.74, 6) is 2.01. The molecule has 2 N–H and O–H groups in total. The van der Waals surface area contributed by atoms with Gasteiger partial charge in [-0.15, -0.1) is 0 Å². The van der Waals surface area contributed by atoms with Gasteiger partial charge in [-0.05, 0) is 43.5 Å². The number of unbranched alkanes of at least 4 members (excludes halogenated alkanes) is 2. The van der Waals surface area contributed by atoms with Crippen LogP contribution in [0, 0.1) is 0 Å². The Morgan fingerprint density at radius 1 is 1.07 bits per heavy atom. The number of nitrogens with zero attached hydrogens (tertiary/aromatic N) is 1. The first kappa shape index (κ1) is 21.1. The van der Waals surface area contributed by atoms with Crippen LogP contribution in [0.3, 0.4) is 0 Å². The molecule has 0 aliphatic carbocycles. The number of benzene rings is 2. The number of hydrogen-bond acceptors (Lipinski definition) is 5. The third-order valence-electron chi connectivity index (χ3n) is 3.72. The van der Waals surface area contributed by atoms with Gasteiger partial charge in [0.1, 0.15) is 17.2 Å². The second-order valence-electron chi connectivity index (χ2n) is 5.70. The molecule has 146 valence electrons. The number of ether oxygens (including phenoxy) is 3. The number of methoxy groups -OCH3 is 1. The Balaban J connectivity index is 1.65. The molecule has 0 aliphatic rings. The summed E-state index contributed by atoms with van der Waals surface area (Å²) in [7, 11) is 1.59. The number of rotatable bonds is 10. The normalized spacial score (nSPS) is 10.3. The SMILES string of the molecule is COc1ccc(OCCCCCOc2cccc(N(S)C(N)=O)c2)c(Cl)c1. The van der Waals surface area contributed by atoms with E-state index in [0.29, 0.717) is 41.2 Å². The number of urea groups is 1. The van der Waals surface area contributed by atoms with Gasteiger partial charge in [0.2, 0.25) is 0 Å². The van der Waals surface area contributed by atoms with Crippen LogP contribution in [0.1, 0.15) is 19.3 Å². The highest BCUT2D eigenvalue weighted by Crippen LogP contribution is 2.28. The third-order valence-corrected chi connectivity index (χ3v) is 4.45. The van der Waals surface area contributed by atoms with Gasteiger partial charge in [-0.2, -0.15) is 0 Å². The predicted molar refractivity (Wildman–Crippen MR) is 110 cm³/mol. The second-order valence-corrected chi connectivity index (χ2v) is 6.51. The van der Waals surface area contributed by atoms with Gasteiger partial charge >= 0.3 is 6.03 Å². The van der Waals surface area contributed by atoms with Gasteiger partial charge in [0.15, 0.2) is 0 Å². The molecule has 0 radical (unpaired) electrons. The molecule has 2 rings (SSSR count). The van der Waals surface area contributed by atoms with Crippen LogP contribution < -0.4 is 24.2 Å². The van der Waals surface area contributed by atoms with Crippen LogP contribution in [0.25, 0.3) is 0 Å². The minimum atomic E-state index is -0.646. The molecular weight excluding hydrogens is 388 g/mol. The molecule has 0 aliphatic heterocycles. The van der Waals surface area contributed by atoms with E-state index in [9.17, 15) is 4.79 Å². The number of amides is 2. The standard InChI is InChI=1S/C19H23ClN2O4S/c1-24-15-8-9-18(17(20)13-15)26-11-4-2-3-10-25-16-7-5-6-14(12-16)22(27)19(21)23/h5-9,12-13,27H,2-4,10-11H2,1H3,(H2,21,23). The smallest absolute Gasteiger partial charge is 0.329 e. The molecule has 27 heavy (non-hydrogen) atoms. The molecule has 2 aromatic carbocycles. The van der Waals surface area contributed by atoms with Gasteiger partial charge in [0.05, 0.1) is 31.0 Å². The zero-order chi connectivity index (χ0) is 19.6. The van der Waals surface area contributed by atoms with E-state index in [1.165, 1.54) is 0 Å². The van der Waals surface area contributed by atoms with Crippen molar-refractivity contribution < 1.29 is 19.0 Å². The zero-order valence-electron chi connectivity index (χ0n) is 15.1. The summed E-state index contributed by atoms with van der Waals surface area (Å²) in [5, 5.41) is 0.534. The Hall–Kier alpha value is -2.25. The van der Waals surface area contributed by atoms with Crippen molar-refractivity contribution in [3.63, 3.8) is 0 Å². The van der Waals surface area contributed by atoms with Crippen molar-refractivity contribution in [3.8, 4) is 17.2 Å². The topological polar surface area (TPSA) is 74.0 Å². The van der Waals surface area contributed by atoms with Crippen LogP contribution in [0.5, 0.6) is 17.2 Å². The summed E-state index contributed by atoms with van der Waals surface area (Å²) >= 11 is 10.2. The van der Waals surface area contributed by atoms with Crippen LogP contribution in [0.4, 0.5) is 10.5 Å². The van der Waals surface area contributed by atoms with Crippen LogP contribution in [0.2, 0.25) is 5.02 Å². The number of carbonyl (C=O) groups excluding carboxylic acids is 1. The van der Waals surface area contributed by atoms with E-state index in [1.54, 1.807) is 37.4 Å².